The fraction of sp³-hybridized carbons (Fsp3) is 0.217. The summed E-state index contributed by atoms with van der Waals surface area (Å²) in [5.74, 6) is -1.20. The summed E-state index contributed by atoms with van der Waals surface area (Å²) in [4.78, 5) is 17.7. The highest BCUT2D eigenvalue weighted by Crippen LogP contribution is 2.36. The number of aromatic carboxylic acids is 1. The minimum Gasteiger partial charge on any atom is -0.478 e. The van der Waals surface area contributed by atoms with E-state index in [0.717, 1.165) is 23.2 Å². The molecule has 0 radical (unpaired) electrons. The Morgan fingerprint density at radius 2 is 2.10 bits per heavy atom. The first-order chi connectivity index (χ1) is 13.9. The number of likely N-dealkylation sites (N-methyl/N-ethyl adjacent to an activating group) is 1. The zero-order valence-electron chi connectivity index (χ0n) is 16.3. The lowest BCUT2D eigenvalue weighted by Crippen LogP contribution is -2.24. The Morgan fingerprint density at radius 3 is 2.86 bits per heavy atom. The lowest BCUT2D eigenvalue weighted by Gasteiger charge is -2.22. The summed E-state index contributed by atoms with van der Waals surface area (Å²) < 4.78 is 13.4. The molecule has 2 N–H and O–H groups in total. The van der Waals surface area contributed by atoms with E-state index in [1.54, 1.807) is 12.3 Å². The van der Waals surface area contributed by atoms with Crippen molar-refractivity contribution in [2.24, 2.45) is 0 Å². The van der Waals surface area contributed by atoms with Gasteiger partial charge in [0.1, 0.15) is 5.82 Å². The second kappa shape index (κ2) is 7.64. The van der Waals surface area contributed by atoms with Crippen LogP contribution in [0.5, 0.6) is 0 Å². The second-order valence-electron chi connectivity index (χ2n) is 7.41. The lowest BCUT2D eigenvalue weighted by molar-refractivity contribution is 0.0697. The molecule has 0 saturated carbocycles. The minimum atomic E-state index is -0.977. The first-order valence-electron chi connectivity index (χ1n) is 9.45. The number of pyridine rings is 1. The molecular formula is C23H22FN3O2. The van der Waals surface area contributed by atoms with Crippen molar-refractivity contribution in [1.29, 1.82) is 0 Å². The number of nitrogens with one attached hydrogen (secondary N) is 1. The average Bonchev–Trinajstić information content (AvgIpc) is 3.00. The normalized spacial score (nSPS) is 15.9. The van der Waals surface area contributed by atoms with E-state index < -0.39 is 5.97 Å². The fourth-order valence-electron chi connectivity index (χ4n) is 4.00. The molecule has 1 aliphatic heterocycles. The molecular weight excluding hydrogens is 369 g/mol. The molecule has 4 rings (SSSR count). The van der Waals surface area contributed by atoms with Crippen molar-refractivity contribution in [2.75, 3.05) is 18.9 Å². The number of fused-ring (bicyclic) bond motifs is 1. The molecule has 0 aliphatic carbocycles. The molecule has 2 aromatic carbocycles. The van der Waals surface area contributed by atoms with Crippen molar-refractivity contribution in [3.05, 3.63) is 82.9 Å². The molecule has 0 bridgehead atoms. The SMILES string of the molecule is Cc1cc(F)ccc1-c1ccc2c(c1)CN(C)[C@@H]2CNc1cnccc1C(=O)O. The molecule has 0 unspecified atom stereocenters. The Morgan fingerprint density at radius 1 is 1.28 bits per heavy atom. The standard InChI is InChI=1S/C23H22FN3O2/c1-14-9-17(24)4-6-18(14)15-3-5-19-16(10-15)13-27(2)22(19)12-26-21-11-25-8-7-20(21)23(28)29/h3-11,22,26H,12-13H2,1-2H3,(H,28,29)/t22-/m1/s1. The Balaban J connectivity index is 1.58. The third-order valence-corrected chi connectivity index (χ3v) is 5.49. The van der Waals surface area contributed by atoms with Gasteiger partial charge in [-0.2, -0.15) is 0 Å². The monoisotopic (exact) mass is 391 g/mol. The smallest absolute Gasteiger partial charge is 0.337 e. The van der Waals surface area contributed by atoms with E-state index in [2.05, 4.69) is 40.4 Å². The van der Waals surface area contributed by atoms with Crippen molar-refractivity contribution in [3.63, 3.8) is 0 Å². The number of hydrogen-bond donors (Lipinski definition) is 2. The number of nitrogens with zero attached hydrogens (tertiary/aromatic N) is 2. The molecule has 0 fully saturated rings. The number of aryl methyl sites for hydroxylation is 1. The molecule has 148 valence electrons. The second-order valence-corrected chi connectivity index (χ2v) is 7.41. The Labute approximate surface area is 168 Å². The van der Waals surface area contributed by atoms with Crippen LogP contribution in [0.1, 0.15) is 33.1 Å². The van der Waals surface area contributed by atoms with E-state index in [1.807, 2.05) is 13.0 Å². The average molecular weight is 391 g/mol. The van der Waals surface area contributed by atoms with E-state index in [-0.39, 0.29) is 17.4 Å². The van der Waals surface area contributed by atoms with Gasteiger partial charge in [-0.3, -0.25) is 9.88 Å². The summed E-state index contributed by atoms with van der Waals surface area (Å²) in [6, 6.07) is 12.8. The van der Waals surface area contributed by atoms with Crippen molar-refractivity contribution in [1.82, 2.24) is 9.88 Å². The molecule has 1 aromatic heterocycles. The molecule has 6 heteroatoms. The van der Waals surface area contributed by atoms with Gasteiger partial charge in [0, 0.05) is 19.3 Å². The van der Waals surface area contributed by atoms with Gasteiger partial charge in [-0.25, -0.2) is 9.18 Å². The summed E-state index contributed by atoms with van der Waals surface area (Å²) in [7, 11) is 2.05. The van der Waals surface area contributed by atoms with Gasteiger partial charge in [0.15, 0.2) is 0 Å². The number of halogens is 1. The number of carbonyl (C=O) groups is 1. The van der Waals surface area contributed by atoms with Crippen molar-refractivity contribution in [2.45, 2.75) is 19.5 Å². The van der Waals surface area contributed by atoms with Crippen LogP contribution in [0.3, 0.4) is 0 Å². The lowest BCUT2D eigenvalue weighted by atomic mass is 9.95. The van der Waals surface area contributed by atoms with E-state index in [4.69, 9.17) is 0 Å². The zero-order chi connectivity index (χ0) is 20.5. The van der Waals surface area contributed by atoms with Gasteiger partial charge in [-0.1, -0.05) is 18.2 Å². The van der Waals surface area contributed by atoms with Crippen LogP contribution in [0.4, 0.5) is 10.1 Å². The van der Waals surface area contributed by atoms with E-state index in [9.17, 15) is 14.3 Å². The van der Waals surface area contributed by atoms with Crippen LogP contribution in [-0.2, 0) is 6.54 Å². The largest absolute Gasteiger partial charge is 0.478 e. The maximum absolute atomic E-state index is 13.4. The fourth-order valence-corrected chi connectivity index (χ4v) is 4.00. The van der Waals surface area contributed by atoms with Gasteiger partial charge in [-0.05, 0) is 66.1 Å². The van der Waals surface area contributed by atoms with E-state index in [0.29, 0.717) is 12.2 Å². The third kappa shape index (κ3) is 3.71. The van der Waals surface area contributed by atoms with Crippen LogP contribution >= 0.6 is 0 Å². The molecule has 2 heterocycles. The highest BCUT2D eigenvalue weighted by molar-refractivity contribution is 5.93. The number of aromatic nitrogens is 1. The maximum atomic E-state index is 13.4. The Kier molecular flexibility index (Phi) is 5.03. The summed E-state index contributed by atoms with van der Waals surface area (Å²) >= 11 is 0. The van der Waals surface area contributed by atoms with Crippen LogP contribution in [0.25, 0.3) is 11.1 Å². The summed E-state index contributed by atoms with van der Waals surface area (Å²) in [5.41, 5.74) is 6.17. The van der Waals surface area contributed by atoms with Gasteiger partial charge in [-0.15, -0.1) is 0 Å². The Hall–Kier alpha value is -3.25. The maximum Gasteiger partial charge on any atom is 0.337 e. The number of carboxylic acids is 1. The number of benzene rings is 2. The zero-order valence-corrected chi connectivity index (χ0v) is 16.3. The molecule has 3 aromatic rings. The van der Waals surface area contributed by atoms with Crippen molar-refractivity contribution < 1.29 is 14.3 Å². The first-order valence-corrected chi connectivity index (χ1v) is 9.45. The van der Waals surface area contributed by atoms with Crippen LogP contribution < -0.4 is 5.32 Å². The third-order valence-electron chi connectivity index (χ3n) is 5.49. The van der Waals surface area contributed by atoms with Gasteiger partial charge in [0.05, 0.1) is 23.5 Å². The molecule has 29 heavy (non-hydrogen) atoms. The molecule has 0 saturated heterocycles. The molecule has 1 atom stereocenters. The van der Waals surface area contributed by atoms with Crippen molar-refractivity contribution in [3.8, 4) is 11.1 Å². The van der Waals surface area contributed by atoms with Crippen LogP contribution in [0, 0.1) is 12.7 Å². The first kappa shape index (κ1) is 19.1. The number of hydrogen-bond acceptors (Lipinski definition) is 4. The minimum absolute atomic E-state index is 0.121. The van der Waals surface area contributed by atoms with Gasteiger partial charge in [0.2, 0.25) is 0 Å². The Bertz CT molecular complexity index is 1080. The quantitative estimate of drug-likeness (QED) is 0.671. The molecule has 0 amide bonds. The predicted molar refractivity (Wildman–Crippen MR) is 110 cm³/mol. The highest BCUT2D eigenvalue weighted by Gasteiger charge is 2.28. The number of carboxylic acid groups (broad SMARTS) is 1. The van der Waals surface area contributed by atoms with E-state index in [1.165, 1.54) is 29.5 Å². The molecule has 5 nitrogen and oxygen atoms in total. The number of anilines is 1. The summed E-state index contributed by atoms with van der Waals surface area (Å²) in [6.45, 7) is 3.29. The predicted octanol–water partition coefficient (Wildman–Crippen LogP) is 4.49. The molecule has 0 spiro atoms. The number of rotatable bonds is 5. The van der Waals surface area contributed by atoms with Gasteiger partial charge in [0.25, 0.3) is 0 Å². The molecule has 1 aliphatic rings. The van der Waals surface area contributed by atoms with Crippen LogP contribution in [-0.4, -0.2) is 34.6 Å². The topological polar surface area (TPSA) is 65.5 Å². The highest BCUT2D eigenvalue weighted by atomic mass is 19.1. The van der Waals surface area contributed by atoms with Gasteiger partial charge >= 0.3 is 5.97 Å². The van der Waals surface area contributed by atoms with Crippen LogP contribution in [0.2, 0.25) is 0 Å². The van der Waals surface area contributed by atoms with Crippen molar-refractivity contribution >= 4 is 11.7 Å². The van der Waals surface area contributed by atoms with E-state index >= 15 is 0 Å². The van der Waals surface area contributed by atoms with Gasteiger partial charge < -0.3 is 10.4 Å². The summed E-state index contributed by atoms with van der Waals surface area (Å²) in [5, 5.41) is 12.6. The van der Waals surface area contributed by atoms with Crippen LogP contribution in [0.15, 0.2) is 54.9 Å². The summed E-state index contributed by atoms with van der Waals surface area (Å²) in [6.07, 6.45) is 3.02.